The first-order valence-electron chi connectivity index (χ1n) is 8.01. The third kappa shape index (κ3) is 2.65. The maximum absolute atomic E-state index is 14.5. The zero-order chi connectivity index (χ0) is 18.4. The summed E-state index contributed by atoms with van der Waals surface area (Å²) in [6.45, 7) is 0.251. The number of nitrogens with one attached hydrogen (secondary N) is 1. The molecule has 0 radical (unpaired) electrons. The molecule has 0 saturated carbocycles. The summed E-state index contributed by atoms with van der Waals surface area (Å²) >= 11 is 0. The second kappa shape index (κ2) is 6.37. The number of para-hydroxylation sites is 1. The van der Waals surface area contributed by atoms with Crippen molar-refractivity contribution in [3.63, 3.8) is 0 Å². The van der Waals surface area contributed by atoms with Crippen LogP contribution in [0.15, 0.2) is 55.8 Å². The van der Waals surface area contributed by atoms with Gasteiger partial charge in [0.15, 0.2) is 0 Å². The summed E-state index contributed by atoms with van der Waals surface area (Å²) in [5.74, 6) is -0.822. The third-order valence-corrected chi connectivity index (χ3v) is 7.25. The first-order chi connectivity index (χ1) is 12.5. The molecular weight excluding hydrogens is 362 g/mol. The Hall–Kier alpha value is -2.45. The minimum atomic E-state index is -1.28. The van der Waals surface area contributed by atoms with E-state index >= 15 is 0 Å². The number of rotatable bonds is 2. The van der Waals surface area contributed by atoms with Gasteiger partial charge in [0.2, 0.25) is 0 Å². The largest absolute Gasteiger partial charge is 0.379 e. The van der Waals surface area contributed by atoms with Gasteiger partial charge in [-0.05, 0) is 24.3 Å². The standard InChI is InChI=1S/C18H16F2N2O3S/c1-25-11-8-22-16-12(17(23)21-18(22)24)3-2-4-15(16)26(9-11)14-6-5-10(19)7-13(14)20/h2-7,11,26H,8-9H2,1H3,(H,21,23,24). The molecular formula is C18H16F2N2O3S. The van der Waals surface area contributed by atoms with Crippen LogP contribution in [0, 0.1) is 11.6 Å². The molecule has 26 heavy (non-hydrogen) atoms. The summed E-state index contributed by atoms with van der Waals surface area (Å²) < 4.78 is 34.9. The molecule has 1 aliphatic heterocycles. The fourth-order valence-corrected chi connectivity index (χ4v) is 6.03. The number of halogens is 2. The SMILES string of the molecule is COC1Cn2c(=O)[nH]c(=O)c3cccc(c32)[SH](c2ccc(F)cc2F)C1. The van der Waals surface area contributed by atoms with Crippen molar-refractivity contribution in [1.29, 1.82) is 0 Å². The smallest absolute Gasteiger partial charge is 0.328 e. The summed E-state index contributed by atoms with van der Waals surface area (Å²) in [5, 5.41) is 0.369. The number of H-pyrrole nitrogens is 1. The normalized spacial score (nSPS) is 20.9. The first-order valence-corrected chi connectivity index (χ1v) is 9.53. The average molecular weight is 378 g/mol. The number of aromatic nitrogens is 2. The van der Waals surface area contributed by atoms with Crippen molar-refractivity contribution >= 4 is 21.8 Å². The van der Waals surface area contributed by atoms with Crippen molar-refractivity contribution in [2.75, 3.05) is 12.9 Å². The van der Waals surface area contributed by atoms with Crippen LogP contribution in [-0.4, -0.2) is 28.5 Å². The molecule has 136 valence electrons. The van der Waals surface area contributed by atoms with Crippen molar-refractivity contribution in [1.82, 2.24) is 9.55 Å². The molecule has 5 nitrogen and oxygen atoms in total. The number of ether oxygens (including phenoxy) is 1. The molecule has 1 N–H and O–H groups in total. The summed E-state index contributed by atoms with van der Waals surface area (Å²) in [7, 11) is 0.250. The molecule has 2 atom stereocenters. The molecule has 0 saturated heterocycles. The van der Waals surface area contributed by atoms with Gasteiger partial charge >= 0.3 is 5.69 Å². The fourth-order valence-electron chi connectivity index (χ4n) is 3.36. The fraction of sp³-hybridized carbons (Fsp3) is 0.222. The van der Waals surface area contributed by atoms with Gasteiger partial charge in [-0.1, -0.05) is 6.07 Å². The van der Waals surface area contributed by atoms with Crippen LogP contribution in [0.4, 0.5) is 8.78 Å². The lowest BCUT2D eigenvalue weighted by Crippen LogP contribution is -2.34. The molecule has 0 spiro atoms. The van der Waals surface area contributed by atoms with E-state index in [-0.39, 0.29) is 12.6 Å². The van der Waals surface area contributed by atoms with E-state index < -0.39 is 33.8 Å². The number of hydrogen-bond acceptors (Lipinski definition) is 3. The Balaban J connectivity index is 2.07. The number of thiol groups is 1. The number of nitrogens with zero attached hydrogens (tertiary/aromatic N) is 1. The molecule has 4 rings (SSSR count). The molecule has 1 aromatic heterocycles. The van der Waals surface area contributed by atoms with E-state index in [0.29, 0.717) is 26.4 Å². The van der Waals surface area contributed by atoms with Crippen molar-refractivity contribution < 1.29 is 13.5 Å². The summed E-state index contributed by atoms with van der Waals surface area (Å²) in [6, 6.07) is 8.65. The van der Waals surface area contributed by atoms with Gasteiger partial charge < -0.3 is 4.74 Å². The van der Waals surface area contributed by atoms with Crippen LogP contribution < -0.4 is 11.2 Å². The maximum Gasteiger partial charge on any atom is 0.328 e. The Morgan fingerprint density at radius 2 is 2.00 bits per heavy atom. The topological polar surface area (TPSA) is 64.1 Å². The van der Waals surface area contributed by atoms with Gasteiger partial charge in [0.25, 0.3) is 5.56 Å². The monoisotopic (exact) mass is 378 g/mol. The van der Waals surface area contributed by atoms with Crippen molar-refractivity contribution in [2.45, 2.75) is 22.4 Å². The molecule has 3 aromatic rings. The predicted molar refractivity (Wildman–Crippen MR) is 96.4 cm³/mol. The Morgan fingerprint density at radius 1 is 1.19 bits per heavy atom. The van der Waals surface area contributed by atoms with E-state index in [1.54, 1.807) is 18.2 Å². The van der Waals surface area contributed by atoms with Gasteiger partial charge in [-0.15, -0.1) is 0 Å². The lowest BCUT2D eigenvalue weighted by atomic mass is 10.2. The summed E-state index contributed by atoms with van der Waals surface area (Å²) in [6.07, 6.45) is -0.343. The van der Waals surface area contributed by atoms with Crippen LogP contribution in [0.5, 0.6) is 0 Å². The number of hydrogen-bond donors (Lipinski definition) is 2. The Bertz CT molecular complexity index is 1130. The van der Waals surface area contributed by atoms with E-state index in [1.165, 1.54) is 23.8 Å². The van der Waals surface area contributed by atoms with Crippen molar-refractivity contribution in [2.24, 2.45) is 0 Å². The molecule has 2 aromatic carbocycles. The van der Waals surface area contributed by atoms with Crippen LogP contribution in [0.1, 0.15) is 0 Å². The molecule has 2 unspecified atom stereocenters. The molecule has 8 heteroatoms. The maximum atomic E-state index is 14.5. The number of aromatic amines is 1. The molecule has 1 aliphatic rings. The molecule has 2 heterocycles. The summed E-state index contributed by atoms with van der Waals surface area (Å²) in [5.41, 5.74) is -0.502. The lowest BCUT2D eigenvalue weighted by Gasteiger charge is -2.25. The van der Waals surface area contributed by atoms with Gasteiger partial charge in [0, 0.05) is 28.7 Å². The Labute approximate surface area is 149 Å². The van der Waals surface area contributed by atoms with Gasteiger partial charge in [-0.3, -0.25) is 14.3 Å². The highest BCUT2D eigenvalue weighted by molar-refractivity contribution is 8.17. The number of methoxy groups -OCH3 is 1. The second-order valence-corrected chi connectivity index (χ2v) is 8.29. The highest BCUT2D eigenvalue weighted by atomic mass is 32.2. The molecule has 0 bridgehead atoms. The van der Waals surface area contributed by atoms with Crippen LogP contribution in [0.3, 0.4) is 0 Å². The highest BCUT2D eigenvalue weighted by Gasteiger charge is 2.27. The van der Waals surface area contributed by atoms with Gasteiger partial charge in [-0.2, -0.15) is 10.9 Å². The van der Waals surface area contributed by atoms with Crippen molar-refractivity contribution in [3.05, 3.63) is 68.9 Å². The van der Waals surface area contributed by atoms with Gasteiger partial charge in [0.05, 0.1) is 23.6 Å². The second-order valence-electron chi connectivity index (χ2n) is 6.11. The minimum absolute atomic E-state index is 0.251. The van der Waals surface area contributed by atoms with E-state index in [9.17, 15) is 18.4 Å². The van der Waals surface area contributed by atoms with Crippen LogP contribution in [-0.2, 0) is 11.3 Å². The average Bonchev–Trinajstić information content (AvgIpc) is 2.78. The molecule has 0 amide bonds. The molecule has 0 aliphatic carbocycles. The highest BCUT2D eigenvalue weighted by Crippen LogP contribution is 2.50. The zero-order valence-corrected chi connectivity index (χ0v) is 14.7. The quantitative estimate of drug-likeness (QED) is 0.673. The van der Waals surface area contributed by atoms with Gasteiger partial charge in [-0.25, -0.2) is 13.6 Å². The third-order valence-electron chi connectivity index (χ3n) is 4.59. The van der Waals surface area contributed by atoms with E-state index in [0.717, 1.165) is 6.07 Å². The Kier molecular flexibility index (Phi) is 4.16. The number of benzene rings is 2. The zero-order valence-electron chi connectivity index (χ0n) is 13.8. The van der Waals surface area contributed by atoms with E-state index in [2.05, 4.69) is 4.98 Å². The minimum Gasteiger partial charge on any atom is -0.379 e. The van der Waals surface area contributed by atoms with E-state index in [4.69, 9.17) is 4.74 Å². The first kappa shape index (κ1) is 17.0. The van der Waals surface area contributed by atoms with Crippen molar-refractivity contribution in [3.8, 4) is 0 Å². The van der Waals surface area contributed by atoms with Crippen LogP contribution >= 0.6 is 10.9 Å². The van der Waals surface area contributed by atoms with Crippen LogP contribution in [0.25, 0.3) is 10.9 Å². The predicted octanol–water partition coefficient (Wildman–Crippen LogP) is 2.42. The van der Waals surface area contributed by atoms with Gasteiger partial charge in [0.1, 0.15) is 11.6 Å². The summed E-state index contributed by atoms with van der Waals surface area (Å²) in [4.78, 5) is 28.0. The van der Waals surface area contributed by atoms with E-state index in [1.807, 2.05) is 0 Å². The Morgan fingerprint density at radius 3 is 2.73 bits per heavy atom. The van der Waals surface area contributed by atoms with Crippen LogP contribution in [0.2, 0.25) is 0 Å². The molecule has 0 fully saturated rings. The lowest BCUT2D eigenvalue weighted by molar-refractivity contribution is 0.107.